The van der Waals surface area contributed by atoms with Gasteiger partial charge in [-0.3, -0.25) is 0 Å². The van der Waals surface area contributed by atoms with E-state index >= 15 is 0 Å². The molecule has 0 spiro atoms. The van der Waals surface area contributed by atoms with Gasteiger partial charge in [0.05, 0.1) is 22.8 Å². The lowest BCUT2D eigenvalue weighted by molar-refractivity contribution is -0.274. The first-order valence-corrected chi connectivity index (χ1v) is 9.85. The summed E-state index contributed by atoms with van der Waals surface area (Å²) in [7, 11) is -3.82. The molecule has 2 heterocycles. The van der Waals surface area contributed by atoms with Gasteiger partial charge in [0.1, 0.15) is 5.75 Å². The highest BCUT2D eigenvalue weighted by molar-refractivity contribution is 7.89. The summed E-state index contributed by atoms with van der Waals surface area (Å²) in [6, 6.07) is 3.85. The summed E-state index contributed by atoms with van der Waals surface area (Å²) in [4.78, 5) is 1.91. The Morgan fingerprint density at radius 1 is 1.19 bits per heavy atom. The zero-order valence-corrected chi connectivity index (χ0v) is 14.9. The molecule has 1 saturated heterocycles. The van der Waals surface area contributed by atoms with Gasteiger partial charge in [0.2, 0.25) is 10.0 Å². The first-order chi connectivity index (χ1) is 12.2. The molecule has 12 heteroatoms. The third-order valence-corrected chi connectivity index (χ3v) is 5.86. The van der Waals surface area contributed by atoms with Crippen LogP contribution in [0.4, 0.5) is 19.0 Å². The third kappa shape index (κ3) is 4.83. The molecule has 26 heavy (non-hydrogen) atoms. The van der Waals surface area contributed by atoms with Gasteiger partial charge in [-0.05, 0) is 37.1 Å². The van der Waals surface area contributed by atoms with Gasteiger partial charge in [0.15, 0.2) is 5.82 Å². The Hall–Kier alpha value is -1.92. The molecule has 3 rings (SSSR count). The van der Waals surface area contributed by atoms with Gasteiger partial charge in [-0.15, -0.1) is 13.2 Å². The van der Waals surface area contributed by atoms with Crippen LogP contribution in [0, 0.1) is 0 Å². The molecule has 7 nitrogen and oxygen atoms in total. The molecule has 2 aromatic rings. The van der Waals surface area contributed by atoms with Crippen molar-refractivity contribution < 1.29 is 26.3 Å². The highest BCUT2D eigenvalue weighted by Crippen LogP contribution is 2.24. The third-order valence-electron chi connectivity index (χ3n) is 3.86. The Bertz CT molecular complexity index is 818. The highest BCUT2D eigenvalue weighted by Gasteiger charge is 2.31. The minimum Gasteiger partial charge on any atom is -0.406 e. The number of hydrogen-bond donors (Lipinski definition) is 1. The van der Waals surface area contributed by atoms with Crippen molar-refractivity contribution in [2.75, 3.05) is 18.0 Å². The van der Waals surface area contributed by atoms with Crippen LogP contribution in [0.1, 0.15) is 12.8 Å². The largest absolute Gasteiger partial charge is 0.573 e. The van der Waals surface area contributed by atoms with Crippen LogP contribution in [-0.4, -0.2) is 42.7 Å². The number of halogens is 3. The van der Waals surface area contributed by atoms with Crippen molar-refractivity contribution >= 4 is 27.6 Å². The minimum absolute atomic E-state index is 0.113. The Morgan fingerprint density at radius 3 is 2.38 bits per heavy atom. The lowest BCUT2D eigenvalue weighted by Crippen LogP contribution is -2.44. The van der Waals surface area contributed by atoms with Crippen LogP contribution in [0.5, 0.6) is 5.75 Å². The molecular weight excluding hydrogens is 393 g/mol. The van der Waals surface area contributed by atoms with E-state index in [1.165, 1.54) is 0 Å². The van der Waals surface area contributed by atoms with Crippen molar-refractivity contribution in [3.63, 3.8) is 0 Å². The lowest BCUT2D eigenvalue weighted by atomic mass is 10.1. The van der Waals surface area contributed by atoms with Gasteiger partial charge in [-0.1, -0.05) is 0 Å². The Kier molecular flexibility index (Phi) is 5.34. The standard InChI is InChI=1S/C14H15F3N4O3S2/c15-14(16,17)24-11-1-3-12(4-2-11)26(22,23)20-10-5-7-21(8-6-10)13-9-18-25-19-13/h1-4,9-10,20H,5-8H2. The minimum atomic E-state index is -4.82. The van der Waals surface area contributed by atoms with Crippen molar-refractivity contribution in [2.45, 2.75) is 30.1 Å². The molecule has 0 bridgehead atoms. The molecule has 1 aromatic heterocycles. The smallest absolute Gasteiger partial charge is 0.406 e. The van der Waals surface area contributed by atoms with Crippen LogP contribution in [0.2, 0.25) is 0 Å². The van der Waals surface area contributed by atoms with Crippen molar-refractivity contribution in [2.24, 2.45) is 0 Å². The maximum Gasteiger partial charge on any atom is 0.573 e. The second-order valence-corrected chi connectivity index (χ2v) is 7.94. The van der Waals surface area contributed by atoms with E-state index in [1.54, 1.807) is 6.20 Å². The molecule has 0 atom stereocenters. The summed E-state index contributed by atoms with van der Waals surface area (Å²) in [5.74, 6) is 0.304. The number of sulfonamides is 1. The average molecular weight is 408 g/mol. The second-order valence-electron chi connectivity index (χ2n) is 5.67. The molecule has 1 fully saturated rings. The van der Waals surface area contributed by atoms with E-state index in [-0.39, 0.29) is 10.9 Å². The van der Waals surface area contributed by atoms with E-state index in [4.69, 9.17) is 0 Å². The number of alkyl halides is 3. The number of benzene rings is 1. The number of rotatable bonds is 5. The Morgan fingerprint density at radius 2 is 1.85 bits per heavy atom. The number of ether oxygens (including phenoxy) is 1. The van der Waals surface area contributed by atoms with Gasteiger partial charge in [0.25, 0.3) is 0 Å². The van der Waals surface area contributed by atoms with Crippen LogP contribution >= 0.6 is 11.7 Å². The predicted molar refractivity (Wildman–Crippen MR) is 88.6 cm³/mol. The molecule has 0 amide bonds. The fourth-order valence-electron chi connectivity index (χ4n) is 2.63. The first-order valence-electron chi connectivity index (χ1n) is 7.64. The van der Waals surface area contributed by atoms with Gasteiger partial charge >= 0.3 is 6.36 Å². The number of hydrogen-bond acceptors (Lipinski definition) is 7. The molecule has 0 aliphatic carbocycles. The zero-order valence-electron chi connectivity index (χ0n) is 13.3. The SMILES string of the molecule is O=S(=O)(NC1CCN(c2cnsn2)CC1)c1ccc(OC(F)(F)F)cc1. The molecule has 1 aliphatic rings. The predicted octanol–water partition coefficient (Wildman–Crippen LogP) is 2.38. The fraction of sp³-hybridized carbons (Fsp3) is 0.429. The second kappa shape index (κ2) is 7.37. The molecule has 142 valence electrons. The molecule has 0 saturated carbocycles. The number of aromatic nitrogens is 2. The lowest BCUT2D eigenvalue weighted by Gasteiger charge is -2.32. The maximum atomic E-state index is 12.4. The molecular formula is C14H15F3N4O3S2. The number of anilines is 1. The van der Waals surface area contributed by atoms with E-state index in [0.29, 0.717) is 25.9 Å². The van der Waals surface area contributed by atoms with E-state index in [2.05, 4.69) is 18.2 Å². The molecule has 0 radical (unpaired) electrons. The van der Waals surface area contributed by atoms with E-state index in [9.17, 15) is 21.6 Å². The van der Waals surface area contributed by atoms with Crippen LogP contribution < -0.4 is 14.4 Å². The van der Waals surface area contributed by atoms with Crippen LogP contribution in [-0.2, 0) is 10.0 Å². The van der Waals surface area contributed by atoms with Gasteiger partial charge in [0, 0.05) is 19.1 Å². The Labute approximate surface area is 152 Å². The maximum absolute atomic E-state index is 12.4. The van der Waals surface area contributed by atoms with Crippen LogP contribution in [0.15, 0.2) is 35.4 Å². The molecule has 0 unspecified atom stereocenters. The quantitative estimate of drug-likeness (QED) is 0.818. The average Bonchev–Trinajstić information content (AvgIpc) is 3.09. The summed E-state index contributed by atoms with van der Waals surface area (Å²) < 4.78 is 75.7. The van der Waals surface area contributed by atoms with Crippen molar-refractivity contribution in [3.05, 3.63) is 30.5 Å². The molecule has 1 N–H and O–H groups in total. The Balaban J connectivity index is 1.59. The van der Waals surface area contributed by atoms with E-state index in [1.807, 2.05) is 4.90 Å². The van der Waals surface area contributed by atoms with Crippen LogP contribution in [0.25, 0.3) is 0 Å². The summed E-state index contributed by atoms with van der Waals surface area (Å²) in [5, 5.41) is 0. The zero-order chi connectivity index (χ0) is 18.8. The normalized spacial score (nSPS) is 16.7. The summed E-state index contributed by atoms with van der Waals surface area (Å²) in [5.41, 5.74) is 0. The highest BCUT2D eigenvalue weighted by atomic mass is 32.2. The van der Waals surface area contributed by atoms with Gasteiger partial charge in [-0.25, -0.2) is 13.1 Å². The summed E-state index contributed by atoms with van der Waals surface area (Å²) >= 11 is 1.11. The number of nitrogens with zero attached hydrogens (tertiary/aromatic N) is 3. The topological polar surface area (TPSA) is 84.4 Å². The number of piperidine rings is 1. The van der Waals surface area contributed by atoms with Crippen molar-refractivity contribution in [1.29, 1.82) is 0 Å². The summed E-state index contributed by atoms with van der Waals surface area (Å²) in [6.45, 7) is 1.27. The van der Waals surface area contributed by atoms with Gasteiger partial charge in [-0.2, -0.15) is 8.75 Å². The van der Waals surface area contributed by atoms with E-state index in [0.717, 1.165) is 41.8 Å². The molecule has 1 aromatic carbocycles. The van der Waals surface area contributed by atoms with Crippen molar-refractivity contribution in [1.82, 2.24) is 13.5 Å². The van der Waals surface area contributed by atoms with Crippen LogP contribution in [0.3, 0.4) is 0 Å². The van der Waals surface area contributed by atoms with Crippen molar-refractivity contribution in [3.8, 4) is 5.75 Å². The molecule has 1 aliphatic heterocycles. The fourth-order valence-corrected chi connectivity index (χ4v) is 4.37. The van der Waals surface area contributed by atoms with E-state index < -0.39 is 22.1 Å². The number of nitrogens with one attached hydrogen (secondary N) is 1. The van der Waals surface area contributed by atoms with Gasteiger partial charge < -0.3 is 9.64 Å². The summed E-state index contributed by atoms with van der Waals surface area (Å²) in [6.07, 6.45) is -1.97. The monoisotopic (exact) mass is 408 g/mol. The first kappa shape index (κ1) is 18.9.